The van der Waals surface area contributed by atoms with E-state index in [2.05, 4.69) is 24.9 Å². The van der Waals surface area contributed by atoms with Gasteiger partial charge in [0.1, 0.15) is 27.9 Å². The summed E-state index contributed by atoms with van der Waals surface area (Å²) in [6.07, 6.45) is -0.443. The second-order valence-corrected chi connectivity index (χ2v) is 15.5. The number of aromatic nitrogens is 4. The number of primary amides is 1. The van der Waals surface area contributed by atoms with Gasteiger partial charge in [-0.1, -0.05) is 24.3 Å². The average Bonchev–Trinajstić information content (AvgIpc) is 3.73. The van der Waals surface area contributed by atoms with Crippen LogP contribution in [0, 0.1) is 3.57 Å². The molecular weight excluding hydrogens is 791 g/mol. The van der Waals surface area contributed by atoms with E-state index >= 15 is 0 Å². The molecule has 0 saturated carbocycles. The summed E-state index contributed by atoms with van der Waals surface area (Å²) in [4.78, 5) is 13.2. The van der Waals surface area contributed by atoms with Gasteiger partial charge >= 0.3 is 6.09 Å². The van der Waals surface area contributed by atoms with Crippen molar-refractivity contribution in [1.82, 2.24) is 34.6 Å². The van der Waals surface area contributed by atoms with Crippen LogP contribution in [-0.2, 0) is 37.9 Å². The lowest BCUT2D eigenvalue weighted by atomic mass is 10.2. The van der Waals surface area contributed by atoms with E-state index in [9.17, 15) is 21.6 Å². The fourth-order valence-electron chi connectivity index (χ4n) is 5.21. The maximum atomic E-state index is 14.2. The number of benzene rings is 3. The highest BCUT2D eigenvalue weighted by Gasteiger charge is 2.35. The number of sulfonamides is 2. The quantitative estimate of drug-likeness (QED) is 0.147. The van der Waals surface area contributed by atoms with Gasteiger partial charge in [-0.25, -0.2) is 31.1 Å². The number of nitrogens with zero attached hydrogens (tertiary/aromatic N) is 5. The minimum atomic E-state index is -4.52. The molecule has 0 bridgehead atoms. The monoisotopic (exact) mass is 826 g/mol. The summed E-state index contributed by atoms with van der Waals surface area (Å²) in [5.74, 6) is 1.21. The van der Waals surface area contributed by atoms with Crippen molar-refractivity contribution in [3.8, 4) is 22.9 Å². The van der Waals surface area contributed by atoms with E-state index in [-0.39, 0.29) is 31.1 Å². The van der Waals surface area contributed by atoms with Crippen molar-refractivity contribution in [3.05, 3.63) is 75.4 Å². The zero-order valence-corrected chi connectivity index (χ0v) is 30.4. The van der Waals surface area contributed by atoms with Crippen LogP contribution >= 0.6 is 22.6 Å². The normalized spacial score (nSPS) is 15.3. The molecular formula is C30H35IN8O8S2. The molecule has 0 spiro atoms. The molecule has 19 heteroatoms. The van der Waals surface area contributed by atoms with Crippen LogP contribution in [0.3, 0.4) is 0 Å². The number of amides is 1. The molecule has 49 heavy (non-hydrogen) atoms. The van der Waals surface area contributed by atoms with Crippen molar-refractivity contribution >= 4 is 48.7 Å². The number of nitrogens with one attached hydrogen (secondary N) is 2. The van der Waals surface area contributed by atoms with Crippen molar-refractivity contribution in [2.75, 3.05) is 40.5 Å². The number of carbonyl (C=O) groups is 1. The van der Waals surface area contributed by atoms with E-state index in [0.29, 0.717) is 46.7 Å². The van der Waals surface area contributed by atoms with Crippen LogP contribution < -0.4 is 24.7 Å². The second-order valence-electron chi connectivity index (χ2n) is 11.0. The number of hydrogen-bond donors (Lipinski definition) is 3. The summed E-state index contributed by atoms with van der Waals surface area (Å²) in [5, 5.41) is 12.7. The molecule has 1 fully saturated rings. The molecule has 1 aromatic heterocycles. The summed E-state index contributed by atoms with van der Waals surface area (Å²) < 4.78 is 77.2. The van der Waals surface area contributed by atoms with Crippen LogP contribution in [0.15, 0.2) is 70.5 Å². The third kappa shape index (κ3) is 9.22. The van der Waals surface area contributed by atoms with Crippen LogP contribution in [0.1, 0.15) is 17.5 Å². The van der Waals surface area contributed by atoms with Gasteiger partial charge < -0.3 is 19.9 Å². The van der Waals surface area contributed by atoms with E-state index in [4.69, 9.17) is 19.9 Å². The number of nitrogens with two attached hydrogens (primary N) is 1. The van der Waals surface area contributed by atoms with Gasteiger partial charge in [-0.3, -0.25) is 4.90 Å². The van der Waals surface area contributed by atoms with Crippen LogP contribution in [-0.4, -0.2) is 94.5 Å². The number of rotatable bonds is 15. The van der Waals surface area contributed by atoms with Gasteiger partial charge in [-0.15, -0.1) is 10.2 Å². The molecule has 1 aliphatic rings. The molecule has 1 amide bonds. The molecule has 1 unspecified atom stereocenters. The Balaban J connectivity index is 1.49. The molecule has 4 aromatic rings. The standard InChI is InChI=1S/C30H35IN8O8S2/c1-45-23-7-3-20(4-8-23)17-33-49(43,44)28-26(48(41,42)36-22-13-14-38(19-22)15-16-47-30(32)40)12-11-25(31)27(28)29-34-37-39(35-29)18-21-5-9-24(46-2)10-6-21/h3-12,22,33,36H,13-19H2,1-2H3,(H2,32,40). The minimum absolute atomic E-state index is 0.0108. The molecule has 3 aromatic carbocycles. The lowest BCUT2D eigenvalue weighted by Gasteiger charge is -2.19. The number of halogens is 1. The highest BCUT2D eigenvalue weighted by Crippen LogP contribution is 2.35. The van der Waals surface area contributed by atoms with E-state index in [1.807, 2.05) is 39.6 Å². The molecule has 0 aliphatic carbocycles. The van der Waals surface area contributed by atoms with Crippen molar-refractivity contribution in [2.24, 2.45) is 5.73 Å². The SMILES string of the molecule is COc1ccc(CNS(=O)(=O)c2c(S(=O)(=O)NC3CCN(CCOC(N)=O)C3)ccc(I)c2-c2nnn(Cc3ccc(OC)cc3)n2)cc1. The van der Waals surface area contributed by atoms with Crippen LogP contribution in [0.2, 0.25) is 0 Å². The Kier molecular flexibility index (Phi) is 11.7. The maximum absolute atomic E-state index is 14.2. The number of methoxy groups -OCH3 is 2. The van der Waals surface area contributed by atoms with E-state index < -0.39 is 42.0 Å². The summed E-state index contributed by atoms with van der Waals surface area (Å²) in [7, 11) is -5.85. The zero-order chi connectivity index (χ0) is 35.2. The Morgan fingerprint density at radius 1 is 0.959 bits per heavy atom. The van der Waals surface area contributed by atoms with E-state index in [0.717, 1.165) is 5.56 Å². The predicted octanol–water partition coefficient (Wildman–Crippen LogP) is 1.94. The third-order valence-corrected chi connectivity index (χ3v) is 11.7. The Bertz CT molecular complexity index is 1990. The number of ether oxygens (including phenoxy) is 3. The predicted molar refractivity (Wildman–Crippen MR) is 186 cm³/mol. The first-order valence-electron chi connectivity index (χ1n) is 14.9. The lowest BCUT2D eigenvalue weighted by Crippen LogP contribution is -2.38. The summed E-state index contributed by atoms with van der Waals surface area (Å²) in [6, 6.07) is 16.2. The number of likely N-dealkylation sites (tertiary alicyclic amines) is 1. The fraction of sp³-hybridized carbons (Fsp3) is 0.333. The van der Waals surface area contributed by atoms with Gasteiger partial charge in [0.05, 0.1) is 26.3 Å². The molecule has 5 rings (SSSR count). The average molecular weight is 827 g/mol. The number of hydrogen-bond acceptors (Lipinski definition) is 12. The van der Waals surface area contributed by atoms with Crippen molar-refractivity contribution in [1.29, 1.82) is 0 Å². The van der Waals surface area contributed by atoms with E-state index in [1.165, 1.54) is 24.0 Å². The molecule has 16 nitrogen and oxygen atoms in total. The molecule has 1 saturated heterocycles. The highest BCUT2D eigenvalue weighted by molar-refractivity contribution is 14.1. The maximum Gasteiger partial charge on any atom is 0.404 e. The van der Waals surface area contributed by atoms with Gasteiger partial charge in [0, 0.05) is 29.2 Å². The number of carbonyl (C=O) groups excluding carboxylic acids is 1. The number of tetrazole rings is 1. The first-order valence-corrected chi connectivity index (χ1v) is 19.0. The largest absolute Gasteiger partial charge is 0.497 e. The first kappa shape index (κ1) is 36.4. The second kappa shape index (κ2) is 15.8. The van der Waals surface area contributed by atoms with Gasteiger partial charge in [0.2, 0.25) is 25.9 Å². The van der Waals surface area contributed by atoms with Crippen LogP contribution in [0.4, 0.5) is 4.79 Å². The smallest absolute Gasteiger partial charge is 0.404 e. The molecule has 4 N–H and O–H groups in total. The van der Waals surface area contributed by atoms with Crippen molar-refractivity contribution in [2.45, 2.75) is 35.3 Å². The zero-order valence-electron chi connectivity index (χ0n) is 26.6. The fourth-order valence-corrected chi connectivity index (χ4v) is 9.40. The summed E-state index contributed by atoms with van der Waals surface area (Å²) in [6.45, 7) is 1.35. The van der Waals surface area contributed by atoms with Crippen molar-refractivity contribution in [3.63, 3.8) is 0 Å². The van der Waals surface area contributed by atoms with Gasteiger partial charge in [0.25, 0.3) is 0 Å². The Morgan fingerprint density at radius 3 is 2.24 bits per heavy atom. The summed E-state index contributed by atoms with van der Waals surface area (Å²) in [5.41, 5.74) is 6.47. The van der Waals surface area contributed by atoms with E-state index in [1.54, 1.807) is 43.5 Å². The first-order chi connectivity index (χ1) is 23.4. The van der Waals surface area contributed by atoms with Crippen LogP contribution in [0.5, 0.6) is 11.5 Å². The molecule has 262 valence electrons. The minimum Gasteiger partial charge on any atom is -0.497 e. The Morgan fingerprint density at radius 2 is 1.61 bits per heavy atom. The van der Waals surface area contributed by atoms with Gasteiger partial charge in [0.15, 0.2) is 0 Å². The van der Waals surface area contributed by atoms with Gasteiger partial charge in [-0.05, 0) is 88.3 Å². The molecule has 1 aliphatic heterocycles. The lowest BCUT2D eigenvalue weighted by molar-refractivity contribution is 0.141. The topological polar surface area (TPSA) is 210 Å². The van der Waals surface area contributed by atoms with Crippen molar-refractivity contribution < 1.29 is 35.8 Å². The Labute approximate surface area is 297 Å². The van der Waals surface area contributed by atoms with Crippen LogP contribution in [0.25, 0.3) is 11.4 Å². The Hall–Kier alpha value is -3.89. The molecule has 1 atom stereocenters. The molecule has 0 radical (unpaired) electrons. The highest BCUT2D eigenvalue weighted by atomic mass is 127. The molecule has 2 heterocycles. The van der Waals surface area contributed by atoms with Gasteiger partial charge in [-0.2, -0.15) is 4.80 Å². The summed E-state index contributed by atoms with van der Waals surface area (Å²) >= 11 is 1.93. The third-order valence-electron chi connectivity index (χ3n) is 7.66.